The number of methoxy groups -OCH3 is 2. The number of hydrogen-bond donors (Lipinski definition) is 3. The van der Waals surface area contributed by atoms with Crippen molar-refractivity contribution in [1.82, 2.24) is 9.97 Å². The third-order valence-corrected chi connectivity index (χ3v) is 4.29. The van der Waals surface area contributed by atoms with Crippen molar-refractivity contribution < 1.29 is 17.9 Å². The van der Waals surface area contributed by atoms with Crippen LogP contribution in [0, 0.1) is 0 Å². The van der Waals surface area contributed by atoms with E-state index in [2.05, 4.69) is 15.3 Å². The molecule has 2 aromatic carbocycles. The van der Waals surface area contributed by atoms with Crippen LogP contribution in [-0.2, 0) is 10.9 Å². The Morgan fingerprint density at radius 1 is 1.04 bits per heavy atom. The summed E-state index contributed by atoms with van der Waals surface area (Å²) in [4.78, 5) is 8.52. The van der Waals surface area contributed by atoms with E-state index in [0.717, 1.165) is 5.39 Å². The number of hydrogen-bond acceptors (Lipinski definition) is 8. The van der Waals surface area contributed by atoms with Gasteiger partial charge >= 0.3 is 0 Å². The Bertz CT molecular complexity index is 999. The third kappa shape index (κ3) is 3.46. The van der Waals surface area contributed by atoms with Gasteiger partial charge in [0.2, 0.25) is 10.9 Å². The van der Waals surface area contributed by atoms with Crippen molar-refractivity contribution in [2.75, 3.05) is 24.0 Å². The molecule has 10 heteroatoms. The van der Waals surface area contributed by atoms with Crippen molar-refractivity contribution in [3.05, 3.63) is 42.7 Å². The molecule has 1 heterocycles. The molecule has 0 aliphatic heterocycles. The molecule has 0 radical (unpaired) electrons. The van der Waals surface area contributed by atoms with Gasteiger partial charge in [-0.3, -0.25) is 0 Å². The average Bonchev–Trinajstić information content (AvgIpc) is 2.67. The lowest BCUT2D eigenvalue weighted by Crippen LogP contribution is -2.28. The minimum atomic E-state index is -2.89. The SMILES string of the molecule is COc1cc2ncnc(Nc3ccc(N(N)[SH](=O)=O)cc3)c2cc1OC. The van der Waals surface area contributed by atoms with Crippen LogP contribution in [0.5, 0.6) is 11.5 Å². The molecular formula is C16H17N5O4S. The summed E-state index contributed by atoms with van der Waals surface area (Å²) in [6, 6.07) is 10.1. The number of benzene rings is 2. The molecule has 0 bridgehead atoms. The van der Waals surface area contributed by atoms with Crippen LogP contribution in [-0.4, -0.2) is 32.6 Å². The lowest BCUT2D eigenvalue weighted by Gasteiger charge is -2.13. The second-order valence-corrected chi connectivity index (χ2v) is 6.11. The fraction of sp³-hybridized carbons (Fsp3) is 0.125. The molecule has 1 aromatic heterocycles. The first kappa shape index (κ1) is 17.7. The summed E-state index contributed by atoms with van der Waals surface area (Å²) in [5.74, 6) is 7.15. The van der Waals surface area contributed by atoms with Crippen LogP contribution < -0.4 is 25.0 Å². The Kier molecular flexibility index (Phi) is 5.05. The van der Waals surface area contributed by atoms with E-state index in [0.29, 0.717) is 38.6 Å². The number of thiol groups is 1. The molecule has 0 atom stereocenters. The minimum Gasteiger partial charge on any atom is -0.493 e. The maximum absolute atomic E-state index is 10.9. The summed E-state index contributed by atoms with van der Waals surface area (Å²) < 4.78 is 33.1. The maximum Gasteiger partial charge on any atom is 0.238 e. The van der Waals surface area contributed by atoms with Crippen LogP contribution in [0.2, 0.25) is 0 Å². The number of anilines is 3. The number of ether oxygens (including phenoxy) is 2. The summed E-state index contributed by atoms with van der Waals surface area (Å²) >= 11 is 0. The van der Waals surface area contributed by atoms with Gasteiger partial charge in [-0.05, 0) is 30.3 Å². The molecule has 0 unspecified atom stereocenters. The summed E-state index contributed by atoms with van der Waals surface area (Å²) in [7, 11) is 0.226. The summed E-state index contributed by atoms with van der Waals surface area (Å²) in [6.45, 7) is 0. The van der Waals surface area contributed by atoms with Crippen molar-refractivity contribution in [1.29, 1.82) is 0 Å². The maximum atomic E-state index is 10.9. The van der Waals surface area contributed by atoms with Gasteiger partial charge in [-0.25, -0.2) is 28.6 Å². The number of aromatic nitrogens is 2. The van der Waals surface area contributed by atoms with Gasteiger partial charge in [0.1, 0.15) is 12.1 Å². The topological polar surface area (TPSA) is 120 Å². The normalized spacial score (nSPS) is 10.8. The van der Waals surface area contributed by atoms with Crippen LogP contribution >= 0.6 is 0 Å². The smallest absolute Gasteiger partial charge is 0.238 e. The molecule has 0 aliphatic rings. The first-order valence-corrected chi connectivity index (χ1v) is 8.59. The molecule has 0 fully saturated rings. The van der Waals surface area contributed by atoms with E-state index in [1.807, 2.05) is 0 Å². The van der Waals surface area contributed by atoms with Crippen molar-refractivity contribution in [3.63, 3.8) is 0 Å². The number of rotatable bonds is 6. The molecule has 26 heavy (non-hydrogen) atoms. The van der Waals surface area contributed by atoms with Crippen molar-refractivity contribution >= 4 is 39.0 Å². The van der Waals surface area contributed by atoms with Crippen molar-refractivity contribution in [2.45, 2.75) is 0 Å². The first-order chi connectivity index (χ1) is 12.5. The number of hydrazine groups is 1. The summed E-state index contributed by atoms with van der Waals surface area (Å²) in [5.41, 5.74) is 1.75. The Morgan fingerprint density at radius 3 is 2.31 bits per heavy atom. The molecule has 9 nitrogen and oxygen atoms in total. The van der Waals surface area contributed by atoms with Gasteiger partial charge in [-0.15, -0.1) is 0 Å². The Morgan fingerprint density at radius 2 is 1.69 bits per heavy atom. The standard InChI is InChI=1S/C16H17N5O4S/c1-24-14-7-12-13(8-15(14)25-2)18-9-19-16(12)20-10-3-5-11(6-4-10)21(17)26(22)23/h3-9,26H,17H2,1-2H3,(H,18,19,20). The second kappa shape index (κ2) is 7.42. The van der Waals surface area contributed by atoms with Crippen molar-refractivity contribution in [2.24, 2.45) is 5.84 Å². The quantitative estimate of drug-likeness (QED) is 0.338. The summed E-state index contributed by atoms with van der Waals surface area (Å²) in [6.07, 6.45) is 1.44. The highest BCUT2D eigenvalue weighted by atomic mass is 32.2. The van der Waals surface area contributed by atoms with E-state index in [4.69, 9.17) is 15.3 Å². The molecule has 136 valence electrons. The van der Waals surface area contributed by atoms with Gasteiger partial charge in [0.05, 0.1) is 25.4 Å². The lowest BCUT2D eigenvalue weighted by molar-refractivity contribution is 0.356. The molecule has 0 saturated heterocycles. The van der Waals surface area contributed by atoms with Crippen LogP contribution in [0.25, 0.3) is 10.9 Å². The highest BCUT2D eigenvalue weighted by molar-refractivity contribution is 7.73. The molecule has 0 saturated carbocycles. The van der Waals surface area contributed by atoms with Gasteiger partial charge in [-0.2, -0.15) is 0 Å². The second-order valence-electron chi connectivity index (χ2n) is 5.20. The van der Waals surface area contributed by atoms with Gasteiger partial charge in [0, 0.05) is 17.1 Å². The third-order valence-electron chi connectivity index (χ3n) is 3.71. The molecule has 3 aromatic rings. The van der Waals surface area contributed by atoms with E-state index in [1.54, 1.807) is 50.6 Å². The molecule has 3 N–H and O–H groups in total. The average molecular weight is 375 g/mol. The Balaban J connectivity index is 1.96. The molecule has 0 aliphatic carbocycles. The van der Waals surface area contributed by atoms with Gasteiger partial charge in [0.25, 0.3) is 0 Å². The molecule has 0 amide bonds. The predicted octanol–water partition coefficient (Wildman–Crippen LogP) is 1.60. The van der Waals surface area contributed by atoms with E-state index in [1.165, 1.54) is 6.33 Å². The van der Waals surface area contributed by atoms with Crippen LogP contribution in [0.15, 0.2) is 42.7 Å². The highest BCUT2D eigenvalue weighted by Crippen LogP contribution is 2.34. The van der Waals surface area contributed by atoms with Crippen LogP contribution in [0.1, 0.15) is 0 Å². The lowest BCUT2D eigenvalue weighted by atomic mass is 10.2. The predicted molar refractivity (Wildman–Crippen MR) is 99.3 cm³/mol. The molecule has 0 spiro atoms. The zero-order valence-corrected chi connectivity index (χ0v) is 14.9. The van der Waals surface area contributed by atoms with Gasteiger partial charge in [-0.1, -0.05) is 0 Å². The number of nitrogens with zero attached hydrogens (tertiary/aromatic N) is 3. The molecule has 3 rings (SSSR count). The van der Waals surface area contributed by atoms with E-state index in [-0.39, 0.29) is 0 Å². The monoisotopic (exact) mass is 375 g/mol. The highest BCUT2D eigenvalue weighted by Gasteiger charge is 2.11. The largest absolute Gasteiger partial charge is 0.493 e. The molecular weight excluding hydrogens is 358 g/mol. The van der Waals surface area contributed by atoms with Crippen LogP contribution in [0.3, 0.4) is 0 Å². The van der Waals surface area contributed by atoms with E-state index < -0.39 is 10.9 Å². The van der Waals surface area contributed by atoms with Crippen molar-refractivity contribution in [3.8, 4) is 11.5 Å². The van der Waals surface area contributed by atoms with E-state index >= 15 is 0 Å². The zero-order valence-electron chi connectivity index (χ0n) is 14.0. The fourth-order valence-electron chi connectivity index (χ4n) is 2.41. The Hall–Kier alpha value is -3.11. The van der Waals surface area contributed by atoms with Gasteiger partial charge in [0.15, 0.2) is 11.5 Å². The van der Waals surface area contributed by atoms with Crippen LogP contribution in [0.4, 0.5) is 17.2 Å². The number of nitrogens with two attached hydrogens (primary N) is 1. The fourth-order valence-corrected chi connectivity index (χ4v) is 2.73. The zero-order chi connectivity index (χ0) is 18.7. The Labute approximate surface area is 151 Å². The number of fused-ring (bicyclic) bond motifs is 1. The number of nitrogens with one attached hydrogen (secondary N) is 1. The van der Waals surface area contributed by atoms with Gasteiger partial charge < -0.3 is 14.8 Å². The minimum absolute atomic E-state index is 0.352. The summed E-state index contributed by atoms with van der Waals surface area (Å²) in [5, 5.41) is 3.92. The van der Waals surface area contributed by atoms with E-state index in [9.17, 15) is 8.42 Å². The first-order valence-electron chi connectivity index (χ1n) is 7.46.